The summed E-state index contributed by atoms with van der Waals surface area (Å²) < 4.78 is 14.5. The molecule has 0 saturated carbocycles. The number of aromatic nitrogens is 4. The Hall–Kier alpha value is -2.35. The topological polar surface area (TPSA) is 84.7 Å². The lowest BCUT2D eigenvalue weighted by Gasteiger charge is -2.17. The van der Waals surface area contributed by atoms with E-state index in [0.717, 1.165) is 5.56 Å². The van der Waals surface area contributed by atoms with Crippen LogP contribution in [-0.2, 0) is 11.2 Å². The van der Waals surface area contributed by atoms with E-state index in [0.29, 0.717) is 25.3 Å². The molecule has 2 N–H and O–H groups in total. The van der Waals surface area contributed by atoms with Gasteiger partial charge in [-0.1, -0.05) is 12.1 Å². The number of benzene rings is 1. The van der Waals surface area contributed by atoms with Crippen molar-refractivity contribution in [1.29, 1.82) is 0 Å². The maximum absolute atomic E-state index is 13.0. The zero-order chi connectivity index (χ0) is 15.9. The van der Waals surface area contributed by atoms with Crippen molar-refractivity contribution in [2.24, 2.45) is 0 Å². The monoisotopic (exact) mass is 306 g/mol. The number of aryl methyl sites for hydroxylation is 1. The number of nitrogens with one attached hydrogen (secondary N) is 2. The number of amides is 1. The molecule has 0 saturated heterocycles. The highest BCUT2D eigenvalue weighted by molar-refractivity contribution is 5.80. The Labute approximate surface area is 127 Å². The second-order valence-corrected chi connectivity index (χ2v) is 4.91. The fourth-order valence-corrected chi connectivity index (χ4v) is 2.09. The van der Waals surface area contributed by atoms with Gasteiger partial charge in [0.05, 0.1) is 0 Å². The van der Waals surface area contributed by atoms with E-state index >= 15 is 0 Å². The van der Waals surface area contributed by atoms with Gasteiger partial charge >= 0.3 is 0 Å². The van der Waals surface area contributed by atoms with Gasteiger partial charge in [-0.05, 0) is 42.1 Å². The summed E-state index contributed by atoms with van der Waals surface area (Å²) in [5.41, 5.74) is 0.838. The number of nitrogens with zero attached hydrogens (tertiary/aromatic N) is 4. The Balaban J connectivity index is 2.16. The highest BCUT2D eigenvalue weighted by Gasteiger charge is 2.23. The molecule has 0 aliphatic rings. The quantitative estimate of drug-likeness (QED) is 0.716. The predicted molar refractivity (Wildman–Crippen MR) is 78.6 cm³/mol. The maximum Gasteiger partial charge on any atom is 0.245 e. The molecule has 0 radical (unpaired) electrons. The van der Waals surface area contributed by atoms with Gasteiger partial charge in [0.15, 0.2) is 0 Å². The van der Waals surface area contributed by atoms with Gasteiger partial charge in [-0.2, -0.15) is 0 Å². The van der Waals surface area contributed by atoms with Crippen molar-refractivity contribution in [3.05, 3.63) is 41.5 Å². The minimum atomic E-state index is -0.572. The van der Waals surface area contributed by atoms with Crippen molar-refractivity contribution in [3.8, 4) is 0 Å². The normalized spacial score (nSPS) is 12.1. The van der Waals surface area contributed by atoms with E-state index in [-0.39, 0.29) is 11.7 Å². The Bertz CT molecular complexity index is 612. The van der Waals surface area contributed by atoms with Crippen LogP contribution < -0.4 is 10.6 Å². The molecule has 0 bridgehead atoms. The summed E-state index contributed by atoms with van der Waals surface area (Å²) >= 11 is 0. The van der Waals surface area contributed by atoms with Gasteiger partial charge in [-0.25, -0.2) is 9.07 Å². The van der Waals surface area contributed by atoms with E-state index in [1.807, 2.05) is 7.05 Å². The first kappa shape index (κ1) is 16.0. The third-order valence-electron chi connectivity index (χ3n) is 3.27. The van der Waals surface area contributed by atoms with Gasteiger partial charge in [0, 0.05) is 19.5 Å². The molecule has 0 spiro atoms. The first-order chi connectivity index (χ1) is 10.6. The second-order valence-electron chi connectivity index (χ2n) is 4.91. The van der Waals surface area contributed by atoms with Crippen LogP contribution in [0, 0.1) is 12.7 Å². The molecule has 0 aliphatic carbocycles. The molecule has 1 aromatic carbocycles. The van der Waals surface area contributed by atoms with Crippen LogP contribution in [0.3, 0.4) is 0 Å². The maximum atomic E-state index is 13.0. The van der Waals surface area contributed by atoms with Crippen molar-refractivity contribution in [2.45, 2.75) is 19.4 Å². The summed E-state index contributed by atoms with van der Waals surface area (Å²) in [6, 6.07) is 5.48. The van der Waals surface area contributed by atoms with E-state index in [2.05, 4.69) is 26.2 Å². The SMILES string of the molecule is CNCCNC(=O)C(Cc1ccc(F)cc1)n1nnnc1C. The number of tetrazole rings is 1. The van der Waals surface area contributed by atoms with Gasteiger partial charge in [0.25, 0.3) is 0 Å². The van der Waals surface area contributed by atoms with Crippen molar-refractivity contribution >= 4 is 5.91 Å². The van der Waals surface area contributed by atoms with Gasteiger partial charge in [-0.3, -0.25) is 4.79 Å². The molecular formula is C14H19FN6O. The van der Waals surface area contributed by atoms with Crippen LogP contribution in [0.25, 0.3) is 0 Å². The molecule has 1 amide bonds. The minimum Gasteiger partial charge on any atom is -0.353 e. The van der Waals surface area contributed by atoms with Crippen LogP contribution >= 0.6 is 0 Å². The van der Waals surface area contributed by atoms with Crippen molar-refractivity contribution < 1.29 is 9.18 Å². The highest BCUT2D eigenvalue weighted by Crippen LogP contribution is 2.15. The summed E-state index contributed by atoms with van der Waals surface area (Å²) in [5.74, 6) is 0.0724. The molecule has 8 heteroatoms. The van der Waals surface area contributed by atoms with Crippen LogP contribution in [0.15, 0.2) is 24.3 Å². The van der Waals surface area contributed by atoms with Gasteiger partial charge in [0.2, 0.25) is 5.91 Å². The molecule has 1 heterocycles. The number of hydrogen-bond acceptors (Lipinski definition) is 5. The summed E-state index contributed by atoms with van der Waals surface area (Å²) in [4.78, 5) is 12.4. The Kier molecular flexibility index (Phi) is 5.54. The Morgan fingerprint density at radius 3 is 2.64 bits per heavy atom. The fourth-order valence-electron chi connectivity index (χ4n) is 2.09. The second kappa shape index (κ2) is 7.60. The van der Waals surface area contributed by atoms with Crippen molar-refractivity contribution in [3.63, 3.8) is 0 Å². The van der Waals surface area contributed by atoms with Gasteiger partial charge < -0.3 is 10.6 Å². The molecule has 2 rings (SSSR count). The average molecular weight is 306 g/mol. The molecule has 1 aromatic heterocycles. The molecule has 22 heavy (non-hydrogen) atoms. The molecule has 1 atom stereocenters. The first-order valence-electron chi connectivity index (χ1n) is 7.03. The molecule has 118 valence electrons. The minimum absolute atomic E-state index is 0.171. The third-order valence-corrected chi connectivity index (χ3v) is 3.27. The summed E-state index contributed by atoms with van der Waals surface area (Å²) in [7, 11) is 1.81. The molecule has 0 fully saturated rings. The number of hydrogen-bond donors (Lipinski definition) is 2. The van der Waals surface area contributed by atoms with Crippen LogP contribution in [0.4, 0.5) is 4.39 Å². The van der Waals surface area contributed by atoms with Crippen LogP contribution in [0.1, 0.15) is 17.4 Å². The lowest BCUT2D eigenvalue weighted by Crippen LogP contribution is -2.38. The highest BCUT2D eigenvalue weighted by atomic mass is 19.1. The summed E-state index contributed by atoms with van der Waals surface area (Å²) in [5, 5.41) is 17.1. The van der Waals surface area contributed by atoms with E-state index in [9.17, 15) is 9.18 Å². The smallest absolute Gasteiger partial charge is 0.245 e. The van der Waals surface area contributed by atoms with E-state index in [4.69, 9.17) is 0 Å². The Morgan fingerprint density at radius 2 is 2.05 bits per heavy atom. The van der Waals surface area contributed by atoms with E-state index < -0.39 is 6.04 Å². The van der Waals surface area contributed by atoms with Crippen LogP contribution in [0.2, 0.25) is 0 Å². The standard InChI is InChI=1S/C14H19FN6O/c1-10-18-19-20-21(10)13(14(22)17-8-7-16-2)9-11-3-5-12(15)6-4-11/h3-6,13,16H,7-9H2,1-2H3,(H,17,22). The summed E-state index contributed by atoms with van der Waals surface area (Å²) in [6.45, 7) is 2.92. The largest absolute Gasteiger partial charge is 0.353 e. The summed E-state index contributed by atoms with van der Waals surface area (Å²) in [6.07, 6.45) is 0.386. The molecular weight excluding hydrogens is 287 g/mol. The molecule has 1 unspecified atom stereocenters. The third kappa shape index (κ3) is 4.08. The molecule has 0 aliphatic heterocycles. The average Bonchev–Trinajstić information content (AvgIpc) is 2.93. The number of carbonyl (C=O) groups excluding carboxylic acids is 1. The van der Waals surface area contributed by atoms with Crippen molar-refractivity contribution in [1.82, 2.24) is 30.8 Å². The number of likely N-dealkylation sites (N-methyl/N-ethyl adjacent to an activating group) is 1. The van der Waals surface area contributed by atoms with Crippen molar-refractivity contribution in [2.75, 3.05) is 20.1 Å². The number of halogens is 1. The fraction of sp³-hybridized carbons (Fsp3) is 0.429. The van der Waals surface area contributed by atoms with E-state index in [1.165, 1.54) is 16.8 Å². The van der Waals surface area contributed by atoms with Gasteiger partial charge in [0.1, 0.15) is 17.7 Å². The predicted octanol–water partition coefficient (Wildman–Crippen LogP) is 0.240. The van der Waals surface area contributed by atoms with Crippen LogP contribution in [0.5, 0.6) is 0 Å². The van der Waals surface area contributed by atoms with Gasteiger partial charge in [-0.15, -0.1) is 5.10 Å². The number of rotatable bonds is 7. The lowest BCUT2D eigenvalue weighted by atomic mass is 10.1. The number of carbonyl (C=O) groups is 1. The molecule has 7 nitrogen and oxygen atoms in total. The van der Waals surface area contributed by atoms with Crippen LogP contribution in [-0.4, -0.2) is 46.3 Å². The molecule has 2 aromatic rings. The first-order valence-corrected chi connectivity index (χ1v) is 7.03. The Morgan fingerprint density at radius 1 is 1.32 bits per heavy atom. The zero-order valence-corrected chi connectivity index (χ0v) is 12.6. The zero-order valence-electron chi connectivity index (χ0n) is 12.6. The van der Waals surface area contributed by atoms with E-state index in [1.54, 1.807) is 19.1 Å². The lowest BCUT2D eigenvalue weighted by molar-refractivity contribution is -0.124.